The minimum atomic E-state index is -0.656. The average Bonchev–Trinajstić information content (AvgIpc) is 2.63. The Hall–Kier alpha value is -3.13. The topological polar surface area (TPSA) is 95.1 Å². The summed E-state index contributed by atoms with van der Waals surface area (Å²) < 4.78 is 3.23. The molecule has 0 fully saturated rings. The molecule has 0 bridgehead atoms. The number of rotatable bonds is 2. The van der Waals surface area contributed by atoms with Gasteiger partial charge in [0, 0.05) is 37.9 Å². The van der Waals surface area contributed by atoms with Crippen molar-refractivity contribution in [2.75, 3.05) is 5.32 Å². The Morgan fingerprint density at radius 3 is 2.37 bits per heavy atom. The summed E-state index contributed by atoms with van der Waals surface area (Å²) >= 11 is 6.07. The fraction of sp³-hybridized carbons (Fsp3) is 0.222. The first-order valence-corrected chi connectivity index (χ1v) is 8.39. The fourth-order valence-electron chi connectivity index (χ4n) is 2.97. The van der Waals surface area contributed by atoms with E-state index in [-0.39, 0.29) is 16.6 Å². The molecule has 0 atom stereocenters. The van der Waals surface area contributed by atoms with Crippen LogP contribution < -0.4 is 22.1 Å². The minimum absolute atomic E-state index is 0.0149. The van der Waals surface area contributed by atoms with Crippen molar-refractivity contribution in [1.82, 2.24) is 13.7 Å². The van der Waals surface area contributed by atoms with Gasteiger partial charge in [0.05, 0.1) is 10.9 Å². The van der Waals surface area contributed by atoms with Gasteiger partial charge in [-0.25, -0.2) is 4.79 Å². The first kappa shape index (κ1) is 18.7. The Balaban J connectivity index is 2.32. The summed E-state index contributed by atoms with van der Waals surface area (Å²) in [4.78, 5) is 50.1. The number of halogens is 1. The van der Waals surface area contributed by atoms with E-state index < -0.39 is 22.7 Å². The maximum atomic E-state index is 12.9. The molecule has 0 aliphatic carbocycles. The SMILES string of the molecule is Cc1c(Cl)cccc1NC(=O)c1cc(=O)n(C)c2c1c(=O)n(C)c(=O)n2C. The highest BCUT2D eigenvalue weighted by molar-refractivity contribution is 6.31. The Bertz CT molecular complexity index is 1280. The second-order valence-electron chi connectivity index (χ2n) is 6.23. The number of aromatic nitrogens is 3. The molecular formula is C18H17ClN4O4. The highest BCUT2D eigenvalue weighted by Crippen LogP contribution is 2.24. The number of fused-ring (bicyclic) bond motifs is 1. The lowest BCUT2D eigenvalue weighted by Gasteiger charge is -2.15. The van der Waals surface area contributed by atoms with E-state index in [0.29, 0.717) is 16.3 Å². The van der Waals surface area contributed by atoms with E-state index >= 15 is 0 Å². The molecule has 0 aliphatic heterocycles. The molecule has 27 heavy (non-hydrogen) atoms. The van der Waals surface area contributed by atoms with E-state index in [1.165, 1.54) is 30.3 Å². The molecule has 0 radical (unpaired) electrons. The van der Waals surface area contributed by atoms with Crippen LogP contribution in [-0.2, 0) is 21.1 Å². The van der Waals surface area contributed by atoms with Crippen molar-refractivity contribution in [2.24, 2.45) is 21.1 Å². The zero-order valence-corrected chi connectivity index (χ0v) is 15.9. The van der Waals surface area contributed by atoms with Crippen LogP contribution in [-0.4, -0.2) is 19.6 Å². The van der Waals surface area contributed by atoms with Crippen LogP contribution in [0.25, 0.3) is 11.0 Å². The molecule has 0 aliphatic rings. The lowest BCUT2D eigenvalue weighted by Crippen LogP contribution is -2.40. The number of aryl methyl sites for hydroxylation is 2. The lowest BCUT2D eigenvalue weighted by atomic mass is 10.1. The molecule has 8 nitrogen and oxygen atoms in total. The van der Waals surface area contributed by atoms with Crippen LogP contribution in [0.5, 0.6) is 0 Å². The smallest absolute Gasteiger partial charge is 0.322 e. The van der Waals surface area contributed by atoms with Crippen LogP contribution in [0.2, 0.25) is 5.02 Å². The van der Waals surface area contributed by atoms with Gasteiger partial charge in [-0.05, 0) is 24.6 Å². The molecule has 9 heteroatoms. The zero-order chi connectivity index (χ0) is 20.0. The molecule has 1 aromatic carbocycles. The molecule has 1 N–H and O–H groups in total. The number of nitrogens with one attached hydrogen (secondary N) is 1. The first-order chi connectivity index (χ1) is 12.6. The van der Waals surface area contributed by atoms with Gasteiger partial charge in [-0.1, -0.05) is 17.7 Å². The molecule has 0 saturated heterocycles. The molecule has 1 amide bonds. The van der Waals surface area contributed by atoms with Crippen molar-refractivity contribution in [3.8, 4) is 0 Å². The average molecular weight is 389 g/mol. The van der Waals surface area contributed by atoms with Crippen molar-refractivity contribution in [2.45, 2.75) is 6.92 Å². The van der Waals surface area contributed by atoms with Gasteiger partial charge in [0.2, 0.25) is 0 Å². The van der Waals surface area contributed by atoms with E-state index in [2.05, 4.69) is 5.32 Å². The predicted molar refractivity (Wildman–Crippen MR) is 104 cm³/mol. The van der Waals surface area contributed by atoms with E-state index in [0.717, 1.165) is 10.6 Å². The second-order valence-corrected chi connectivity index (χ2v) is 6.63. The fourth-order valence-corrected chi connectivity index (χ4v) is 3.14. The van der Waals surface area contributed by atoms with Crippen LogP contribution in [0.3, 0.4) is 0 Å². The van der Waals surface area contributed by atoms with Crippen molar-refractivity contribution >= 4 is 34.2 Å². The number of carbonyl (C=O) groups excluding carboxylic acids is 1. The number of hydrogen-bond donors (Lipinski definition) is 1. The summed E-state index contributed by atoms with van der Waals surface area (Å²) in [6.45, 7) is 1.74. The summed E-state index contributed by atoms with van der Waals surface area (Å²) in [5.41, 5.74) is -0.683. The Morgan fingerprint density at radius 2 is 1.70 bits per heavy atom. The highest BCUT2D eigenvalue weighted by Gasteiger charge is 2.21. The summed E-state index contributed by atoms with van der Waals surface area (Å²) in [6.07, 6.45) is 0. The number of pyridine rings is 1. The zero-order valence-electron chi connectivity index (χ0n) is 15.2. The number of anilines is 1. The summed E-state index contributed by atoms with van der Waals surface area (Å²) in [5, 5.41) is 3.14. The van der Waals surface area contributed by atoms with Gasteiger partial charge in [0.1, 0.15) is 5.65 Å². The van der Waals surface area contributed by atoms with Gasteiger partial charge >= 0.3 is 5.69 Å². The third kappa shape index (κ3) is 2.87. The quantitative estimate of drug-likeness (QED) is 0.712. The predicted octanol–water partition coefficient (Wildman–Crippen LogP) is 1.15. The standard InChI is InChI=1S/C18H17ClN4O4/c1-9-11(19)6-5-7-12(9)20-15(25)10-8-13(24)21(2)16-14(10)17(26)23(4)18(27)22(16)3/h5-8H,1-4H3,(H,20,25). The maximum absolute atomic E-state index is 12.9. The number of amides is 1. The number of hydrogen-bond acceptors (Lipinski definition) is 4. The molecule has 3 rings (SSSR count). The van der Waals surface area contributed by atoms with Gasteiger partial charge in [0.15, 0.2) is 0 Å². The van der Waals surface area contributed by atoms with E-state index in [9.17, 15) is 19.2 Å². The normalized spacial score (nSPS) is 11.0. The first-order valence-electron chi connectivity index (χ1n) is 8.01. The van der Waals surface area contributed by atoms with E-state index in [1.54, 1.807) is 25.1 Å². The molecule has 0 spiro atoms. The third-order valence-electron chi connectivity index (χ3n) is 4.58. The minimum Gasteiger partial charge on any atom is -0.322 e. The summed E-state index contributed by atoms with van der Waals surface area (Å²) in [7, 11) is 4.19. The Labute approximate surface area is 158 Å². The Morgan fingerprint density at radius 1 is 1.04 bits per heavy atom. The number of nitrogens with zero attached hydrogens (tertiary/aromatic N) is 3. The molecular weight excluding hydrogens is 372 g/mol. The van der Waals surface area contributed by atoms with Gasteiger partial charge in [0.25, 0.3) is 17.0 Å². The maximum Gasteiger partial charge on any atom is 0.332 e. The van der Waals surface area contributed by atoms with Crippen LogP contribution in [0, 0.1) is 6.92 Å². The van der Waals surface area contributed by atoms with Crippen molar-refractivity contribution in [3.63, 3.8) is 0 Å². The largest absolute Gasteiger partial charge is 0.332 e. The van der Waals surface area contributed by atoms with Crippen LogP contribution in [0.4, 0.5) is 5.69 Å². The highest BCUT2D eigenvalue weighted by atomic mass is 35.5. The van der Waals surface area contributed by atoms with Gasteiger partial charge < -0.3 is 5.32 Å². The van der Waals surface area contributed by atoms with Gasteiger partial charge in [-0.15, -0.1) is 0 Å². The van der Waals surface area contributed by atoms with Crippen molar-refractivity contribution in [1.29, 1.82) is 0 Å². The van der Waals surface area contributed by atoms with Crippen LogP contribution in [0.15, 0.2) is 38.6 Å². The van der Waals surface area contributed by atoms with E-state index in [1.807, 2.05) is 0 Å². The molecule has 3 aromatic rings. The summed E-state index contributed by atoms with van der Waals surface area (Å²) in [6, 6.07) is 6.11. The van der Waals surface area contributed by atoms with Crippen molar-refractivity contribution < 1.29 is 4.79 Å². The monoisotopic (exact) mass is 388 g/mol. The summed E-state index contributed by atoms with van der Waals surface area (Å²) in [5.74, 6) is -0.640. The Kier molecular flexibility index (Phi) is 4.52. The van der Waals surface area contributed by atoms with Crippen molar-refractivity contribution in [3.05, 3.63) is 71.6 Å². The second kappa shape index (κ2) is 6.55. The van der Waals surface area contributed by atoms with Crippen LogP contribution >= 0.6 is 11.6 Å². The molecule has 140 valence electrons. The van der Waals surface area contributed by atoms with Gasteiger partial charge in [-0.2, -0.15) is 0 Å². The number of carbonyl (C=O) groups is 1. The lowest BCUT2D eigenvalue weighted by molar-refractivity contribution is 0.102. The third-order valence-corrected chi connectivity index (χ3v) is 4.99. The molecule has 0 saturated carbocycles. The van der Waals surface area contributed by atoms with Crippen LogP contribution in [0.1, 0.15) is 15.9 Å². The molecule has 0 unspecified atom stereocenters. The molecule has 2 aromatic heterocycles. The number of benzene rings is 1. The molecule has 2 heterocycles. The van der Waals surface area contributed by atoms with E-state index in [4.69, 9.17) is 11.6 Å². The van der Waals surface area contributed by atoms with Gasteiger partial charge in [-0.3, -0.25) is 28.1 Å².